The first-order valence-corrected chi connectivity index (χ1v) is 4.08. The summed E-state index contributed by atoms with van der Waals surface area (Å²) in [5.41, 5.74) is 5.33. The van der Waals surface area contributed by atoms with Crippen molar-refractivity contribution in [1.82, 2.24) is 0 Å². The van der Waals surface area contributed by atoms with Gasteiger partial charge in [-0.3, -0.25) is 9.59 Å². The van der Waals surface area contributed by atoms with Gasteiger partial charge in [-0.05, 0) is 6.42 Å². The Balaban J connectivity index is 3.69. The van der Waals surface area contributed by atoms with Crippen LogP contribution in [0.15, 0.2) is 0 Å². The summed E-state index contributed by atoms with van der Waals surface area (Å²) >= 11 is 0. The Hall–Kier alpha value is -0.900. The number of ketones is 1. The van der Waals surface area contributed by atoms with Gasteiger partial charge in [0.05, 0.1) is 12.5 Å². The maximum absolute atomic E-state index is 11.0. The first-order chi connectivity index (χ1) is 5.57. The van der Waals surface area contributed by atoms with Gasteiger partial charge in [0.25, 0.3) is 0 Å². The van der Waals surface area contributed by atoms with Crippen LogP contribution in [0.5, 0.6) is 0 Å². The zero-order valence-electron chi connectivity index (χ0n) is 7.25. The van der Waals surface area contributed by atoms with Gasteiger partial charge in [0.15, 0.2) is 0 Å². The van der Waals surface area contributed by atoms with Gasteiger partial charge < -0.3 is 10.8 Å². The van der Waals surface area contributed by atoms with E-state index in [0.29, 0.717) is 6.42 Å². The minimum Gasteiger partial charge on any atom is -0.481 e. The first kappa shape index (κ1) is 11.1. The van der Waals surface area contributed by atoms with Crippen LogP contribution in [0.2, 0.25) is 0 Å². The number of carboxylic acid groups (broad SMARTS) is 1. The van der Waals surface area contributed by atoms with Gasteiger partial charge in [-0.25, -0.2) is 0 Å². The molecule has 0 aromatic heterocycles. The van der Waals surface area contributed by atoms with E-state index in [0.717, 1.165) is 12.8 Å². The number of rotatable bonds is 6. The maximum Gasteiger partial charge on any atom is 0.305 e. The molecule has 4 nitrogen and oxygen atoms in total. The Morgan fingerprint density at radius 3 is 2.50 bits per heavy atom. The second-order valence-electron chi connectivity index (χ2n) is 2.77. The quantitative estimate of drug-likeness (QED) is 0.614. The van der Waals surface area contributed by atoms with E-state index in [-0.39, 0.29) is 12.2 Å². The van der Waals surface area contributed by atoms with Crippen molar-refractivity contribution in [3.63, 3.8) is 0 Å². The molecule has 0 radical (unpaired) electrons. The summed E-state index contributed by atoms with van der Waals surface area (Å²) in [5, 5.41) is 8.33. The summed E-state index contributed by atoms with van der Waals surface area (Å²) in [6.45, 7) is 1.97. The number of nitrogens with two attached hydrogens (primary N) is 1. The molecule has 0 amide bonds. The third-order valence-corrected chi connectivity index (χ3v) is 1.58. The van der Waals surface area contributed by atoms with Crippen LogP contribution in [0.25, 0.3) is 0 Å². The SMILES string of the molecule is CCCCC(=O)C(N)CC(=O)O. The third-order valence-electron chi connectivity index (χ3n) is 1.58. The first-order valence-electron chi connectivity index (χ1n) is 4.08. The van der Waals surface area contributed by atoms with Gasteiger partial charge in [0.1, 0.15) is 5.78 Å². The number of carbonyl (C=O) groups excluding carboxylic acids is 1. The Morgan fingerprint density at radius 1 is 1.50 bits per heavy atom. The molecule has 3 N–H and O–H groups in total. The highest BCUT2D eigenvalue weighted by Gasteiger charge is 2.15. The minimum absolute atomic E-state index is 0.153. The average molecular weight is 173 g/mol. The van der Waals surface area contributed by atoms with E-state index < -0.39 is 12.0 Å². The largest absolute Gasteiger partial charge is 0.481 e. The molecule has 0 saturated heterocycles. The summed E-state index contributed by atoms with van der Waals surface area (Å²) in [4.78, 5) is 21.2. The molecule has 0 bridgehead atoms. The lowest BCUT2D eigenvalue weighted by Gasteiger charge is -2.06. The van der Waals surface area contributed by atoms with Crippen LogP contribution in [-0.4, -0.2) is 22.9 Å². The normalized spacial score (nSPS) is 12.5. The molecule has 0 aromatic carbocycles. The number of Topliss-reactive ketones (excluding diaryl/α,β-unsaturated/α-hetero) is 1. The van der Waals surface area contributed by atoms with Crippen LogP contribution in [0.4, 0.5) is 0 Å². The maximum atomic E-state index is 11.0. The molecule has 1 atom stereocenters. The summed E-state index contributed by atoms with van der Waals surface area (Å²) < 4.78 is 0. The number of hydrogen-bond donors (Lipinski definition) is 2. The van der Waals surface area contributed by atoms with Crippen LogP contribution in [0.3, 0.4) is 0 Å². The number of carbonyl (C=O) groups is 2. The molecule has 0 aliphatic carbocycles. The standard InChI is InChI=1S/C8H15NO3/c1-2-3-4-7(10)6(9)5-8(11)12/h6H,2-5,9H2,1H3,(H,11,12). The summed E-state index contributed by atoms with van der Waals surface area (Å²) in [5.74, 6) is -1.17. The number of unbranched alkanes of at least 4 members (excludes halogenated alkanes) is 1. The zero-order chi connectivity index (χ0) is 9.56. The molecule has 12 heavy (non-hydrogen) atoms. The summed E-state index contributed by atoms with van der Waals surface area (Å²) in [6, 6.07) is -0.825. The number of aliphatic carboxylic acids is 1. The summed E-state index contributed by atoms with van der Waals surface area (Å²) in [6.07, 6.45) is 1.84. The van der Waals surface area contributed by atoms with Crippen molar-refractivity contribution in [2.75, 3.05) is 0 Å². The van der Waals surface area contributed by atoms with E-state index in [9.17, 15) is 9.59 Å². The van der Waals surface area contributed by atoms with Crippen LogP contribution in [0, 0.1) is 0 Å². The number of hydrogen-bond acceptors (Lipinski definition) is 3. The van der Waals surface area contributed by atoms with E-state index in [1.807, 2.05) is 6.92 Å². The molecule has 0 heterocycles. The van der Waals surface area contributed by atoms with Crippen molar-refractivity contribution in [1.29, 1.82) is 0 Å². The molecule has 0 aliphatic rings. The van der Waals surface area contributed by atoms with Gasteiger partial charge in [0, 0.05) is 6.42 Å². The molecule has 0 rings (SSSR count). The summed E-state index contributed by atoms with van der Waals surface area (Å²) in [7, 11) is 0. The van der Waals surface area contributed by atoms with Gasteiger partial charge in [-0.15, -0.1) is 0 Å². The van der Waals surface area contributed by atoms with Crippen LogP contribution < -0.4 is 5.73 Å². The monoisotopic (exact) mass is 173 g/mol. The van der Waals surface area contributed by atoms with Crippen molar-refractivity contribution < 1.29 is 14.7 Å². The van der Waals surface area contributed by atoms with E-state index in [1.165, 1.54) is 0 Å². The minimum atomic E-state index is -1.02. The number of carboxylic acids is 1. The van der Waals surface area contributed by atoms with E-state index in [4.69, 9.17) is 10.8 Å². The van der Waals surface area contributed by atoms with Crippen LogP contribution >= 0.6 is 0 Å². The molecular formula is C8H15NO3. The van der Waals surface area contributed by atoms with Gasteiger partial charge in [0.2, 0.25) is 0 Å². The molecule has 0 spiro atoms. The molecule has 1 unspecified atom stereocenters. The van der Waals surface area contributed by atoms with E-state index in [1.54, 1.807) is 0 Å². The molecule has 0 aromatic rings. The second-order valence-corrected chi connectivity index (χ2v) is 2.77. The average Bonchev–Trinajstić information content (AvgIpc) is 1.98. The molecule has 0 fully saturated rings. The lowest BCUT2D eigenvalue weighted by Crippen LogP contribution is -2.32. The topological polar surface area (TPSA) is 80.4 Å². The highest BCUT2D eigenvalue weighted by molar-refractivity contribution is 5.87. The molecular weight excluding hydrogens is 158 g/mol. The Morgan fingerprint density at radius 2 is 2.08 bits per heavy atom. The van der Waals surface area contributed by atoms with Crippen molar-refractivity contribution in [3.05, 3.63) is 0 Å². The predicted molar refractivity (Wildman–Crippen MR) is 44.8 cm³/mol. The molecule has 70 valence electrons. The zero-order valence-corrected chi connectivity index (χ0v) is 7.25. The fraction of sp³-hybridized carbons (Fsp3) is 0.750. The lowest BCUT2D eigenvalue weighted by atomic mass is 10.1. The fourth-order valence-electron chi connectivity index (χ4n) is 0.838. The highest BCUT2D eigenvalue weighted by Crippen LogP contribution is 2.00. The Kier molecular flexibility index (Phi) is 5.28. The van der Waals surface area contributed by atoms with Crippen molar-refractivity contribution in [3.8, 4) is 0 Å². The van der Waals surface area contributed by atoms with Crippen LogP contribution in [0.1, 0.15) is 32.6 Å². The van der Waals surface area contributed by atoms with Gasteiger partial charge >= 0.3 is 5.97 Å². The Bertz CT molecular complexity index is 168. The van der Waals surface area contributed by atoms with Gasteiger partial charge in [-0.2, -0.15) is 0 Å². The van der Waals surface area contributed by atoms with Crippen molar-refractivity contribution in [2.24, 2.45) is 5.73 Å². The van der Waals surface area contributed by atoms with Crippen LogP contribution in [-0.2, 0) is 9.59 Å². The van der Waals surface area contributed by atoms with E-state index >= 15 is 0 Å². The van der Waals surface area contributed by atoms with Crippen molar-refractivity contribution >= 4 is 11.8 Å². The predicted octanol–water partition coefficient (Wildman–Crippen LogP) is 0.548. The highest BCUT2D eigenvalue weighted by atomic mass is 16.4. The molecule has 4 heteroatoms. The Labute approximate surface area is 71.8 Å². The second kappa shape index (κ2) is 5.71. The van der Waals surface area contributed by atoms with E-state index in [2.05, 4.69) is 0 Å². The fourth-order valence-corrected chi connectivity index (χ4v) is 0.838. The lowest BCUT2D eigenvalue weighted by molar-refractivity contribution is -0.139. The molecule has 0 aliphatic heterocycles. The smallest absolute Gasteiger partial charge is 0.305 e. The molecule has 0 saturated carbocycles. The third kappa shape index (κ3) is 4.85. The van der Waals surface area contributed by atoms with Crippen molar-refractivity contribution in [2.45, 2.75) is 38.6 Å². The van der Waals surface area contributed by atoms with Gasteiger partial charge in [-0.1, -0.05) is 13.3 Å².